The van der Waals surface area contributed by atoms with E-state index < -0.39 is 5.97 Å². The number of hydrogen-bond donors (Lipinski definition) is 0. The Labute approximate surface area is 144 Å². The van der Waals surface area contributed by atoms with Gasteiger partial charge in [0.15, 0.2) is 11.5 Å². The predicted octanol–water partition coefficient (Wildman–Crippen LogP) is 3.21. The fourth-order valence-corrected chi connectivity index (χ4v) is 2.38. The van der Waals surface area contributed by atoms with Crippen LogP contribution >= 0.6 is 0 Å². The van der Waals surface area contributed by atoms with Gasteiger partial charge >= 0.3 is 5.97 Å². The number of ether oxygens (including phenoxy) is 3. The summed E-state index contributed by atoms with van der Waals surface area (Å²) >= 11 is 0. The molecule has 3 aromatic rings. The van der Waals surface area contributed by atoms with E-state index in [9.17, 15) is 4.79 Å². The van der Waals surface area contributed by atoms with Crippen LogP contribution in [0, 0.1) is 0 Å². The zero-order chi connectivity index (χ0) is 17.8. The highest BCUT2D eigenvalue weighted by Gasteiger charge is 2.19. The molecule has 0 fully saturated rings. The van der Waals surface area contributed by atoms with Crippen molar-refractivity contribution in [2.24, 2.45) is 0 Å². The van der Waals surface area contributed by atoms with Crippen molar-refractivity contribution in [3.8, 4) is 34.3 Å². The van der Waals surface area contributed by atoms with Gasteiger partial charge in [-0.1, -0.05) is 17.3 Å². The van der Waals surface area contributed by atoms with E-state index in [1.807, 2.05) is 0 Å². The van der Waals surface area contributed by atoms with Gasteiger partial charge in [-0.3, -0.25) is 0 Å². The Bertz CT molecular complexity index is 904. The monoisotopic (exact) mass is 340 g/mol. The zero-order valence-electron chi connectivity index (χ0n) is 14.0. The Hall–Kier alpha value is -3.35. The topological polar surface area (TPSA) is 83.7 Å². The third kappa shape index (κ3) is 3.16. The third-order valence-electron chi connectivity index (χ3n) is 3.63. The van der Waals surface area contributed by atoms with Crippen molar-refractivity contribution in [1.82, 2.24) is 10.1 Å². The molecule has 0 amide bonds. The average molecular weight is 340 g/mol. The van der Waals surface area contributed by atoms with E-state index in [0.29, 0.717) is 34.0 Å². The van der Waals surface area contributed by atoms with E-state index >= 15 is 0 Å². The molecule has 0 saturated carbocycles. The zero-order valence-corrected chi connectivity index (χ0v) is 14.0. The van der Waals surface area contributed by atoms with Crippen molar-refractivity contribution >= 4 is 5.97 Å². The number of esters is 1. The largest absolute Gasteiger partial charge is 0.493 e. The molecule has 128 valence electrons. The normalized spacial score (nSPS) is 10.4. The summed E-state index contributed by atoms with van der Waals surface area (Å²) in [6, 6.07) is 12.2. The summed E-state index contributed by atoms with van der Waals surface area (Å²) in [6.45, 7) is 0. The highest BCUT2D eigenvalue weighted by molar-refractivity contribution is 5.96. The quantitative estimate of drug-likeness (QED) is 0.659. The van der Waals surface area contributed by atoms with Gasteiger partial charge < -0.3 is 18.7 Å². The SMILES string of the molecule is COC(=O)c1ccccc1-c1nc(-c2ccc(OC)c(OC)c2)no1. The molecule has 0 aliphatic rings. The second kappa shape index (κ2) is 7.04. The molecule has 0 atom stereocenters. The Morgan fingerprint density at radius 1 is 1.00 bits per heavy atom. The van der Waals surface area contributed by atoms with E-state index in [0.717, 1.165) is 0 Å². The summed E-state index contributed by atoms with van der Waals surface area (Å²) in [7, 11) is 4.44. The van der Waals surface area contributed by atoms with Crippen LogP contribution in [-0.4, -0.2) is 37.4 Å². The molecule has 2 aromatic carbocycles. The van der Waals surface area contributed by atoms with Crippen molar-refractivity contribution in [3.05, 3.63) is 48.0 Å². The van der Waals surface area contributed by atoms with Crippen LogP contribution < -0.4 is 9.47 Å². The molecule has 7 heteroatoms. The van der Waals surface area contributed by atoms with E-state index in [4.69, 9.17) is 18.7 Å². The van der Waals surface area contributed by atoms with Crippen LogP contribution in [0.1, 0.15) is 10.4 Å². The lowest BCUT2D eigenvalue weighted by Gasteiger charge is -2.07. The fourth-order valence-electron chi connectivity index (χ4n) is 2.38. The summed E-state index contributed by atoms with van der Waals surface area (Å²) in [5.74, 6) is 1.29. The summed E-state index contributed by atoms with van der Waals surface area (Å²) < 4.78 is 20.6. The van der Waals surface area contributed by atoms with Gasteiger partial charge in [0.25, 0.3) is 5.89 Å². The number of aromatic nitrogens is 2. The number of carbonyl (C=O) groups excluding carboxylic acids is 1. The maximum atomic E-state index is 11.9. The van der Waals surface area contributed by atoms with E-state index in [1.165, 1.54) is 7.11 Å². The lowest BCUT2D eigenvalue weighted by molar-refractivity contribution is 0.0601. The Balaban J connectivity index is 2.01. The Morgan fingerprint density at radius 2 is 1.76 bits per heavy atom. The van der Waals surface area contributed by atoms with E-state index in [-0.39, 0.29) is 5.89 Å². The number of carbonyl (C=O) groups is 1. The molecule has 1 heterocycles. The minimum atomic E-state index is -0.471. The van der Waals surface area contributed by atoms with Gasteiger partial charge in [-0.25, -0.2) is 4.79 Å². The number of nitrogens with zero attached hydrogens (tertiary/aromatic N) is 2. The number of benzene rings is 2. The van der Waals surface area contributed by atoms with Gasteiger partial charge in [0, 0.05) is 5.56 Å². The molecule has 25 heavy (non-hydrogen) atoms. The lowest BCUT2D eigenvalue weighted by atomic mass is 10.1. The number of hydrogen-bond acceptors (Lipinski definition) is 7. The van der Waals surface area contributed by atoms with E-state index in [1.54, 1.807) is 56.7 Å². The first-order chi connectivity index (χ1) is 12.2. The van der Waals surface area contributed by atoms with Gasteiger partial charge in [-0.15, -0.1) is 0 Å². The Morgan fingerprint density at radius 3 is 2.48 bits per heavy atom. The summed E-state index contributed by atoms with van der Waals surface area (Å²) in [4.78, 5) is 16.3. The molecule has 0 spiro atoms. The predicted molar refractivity (Wildman–Crippen MR) is 89.6 cm³/mol. The van der Waals surface area contributed by atoms with Crippen LogP contribution in [-0.2, 0) is 4.74 Å². The molecule has 0 unspecified atom stereocenters. The molecule has 0 aliphatic carbocycles. The second-order valence-electron chi connectivity index (χ2n) is 5.03. The van der Waals surface area contributed by atoms with Crippen molar-refractivity contribution < 1.29 is 23.5 Å². The first-order valence-electron chi connectivity index (χ1n) is 7.41. The molecule has 0 radical (unpaired) electrons. The molecule has 1 aromatic heterocycles. The third-order valence-corrected chi connectivity index (χ3v) is 3.63. The lowest BCUT2D eigenvalue weighted by Crippen LogP contribution is -2.03. The van der Waals surface area contributed by atoms with Crippen molar-refractivity contribution in [1.29, 1.82) is 0 Å². The van der Waals surface area contributed by atoms with Gasteiger partial charge in [0.2, 0.25) is 5.82 Å². The molecule has 0 bridgehead atoms. The van der Waals surface area contributed by atoms with Gasteiger partial charge in [-0.2, -0.15) is 4.98 Å². The molecule has 0 aliphatic heterocycles. The Kier molecular flexibility index (Phi) is 4.65. The summed E-state index contributed by atoms with van der Waals surface area (Å²) in [5.41, 5.74) is 1.56. The van der Waals surface area contributed by atoms with Crippen LogP contribution in [0.4, 0.5) is 0 Å². The number of rotatable bonds is 5. The van der Waals surface area contributed by atoms with Crippen LogP contribution in [0.5, 0.6) is 11.5 Å². The van der Waals surface area contributed by atoms with Crippen LogP contribution in [0.2, 0.25) is 0 Å². The van der Waals surface area contributed by atoms with Gasteiger partial charge in [0.1, 0.15) is 0 Å². The average Bonchev–Trinajstić information content (AvgIpc) is 3.16. The standard InChI is InChI=1S/C18H16N2O5/c1-22-14-9-8-11(10-15(14)23-2)16-19-17(25-20-16)12-6-4-5-7-13(12)18(21)24-3/h4-10H,1-3H3. The van der Waals surface area contributed by atoms with Crippen LogP contribution in [0.15, 0.2) is 47.0 Å². The summed E-state index contributed by atoms with van der Waals surface area (Å²) in [5, 5.41) is 3.99. The fraction of sp³-hybridized carbons (Fsp3) is 0.167. The molecular weight excluding hydrogens is 324 g/mol. The first-order valence-corrected chi connectivity index (χ1v) is 7.41. The minimum Gasteiger partial charge on any atom is -0.493 e. The van der Waals surface area contributed by atoms with Crippen molar-refractivity contribution in [2.75, 3.05) is 21.3 Å². The summed E-state index contributed by atoms with van der Waals surface area (Å²) in [6.07, 6.45) is 0. The maximum Gasteiger partial charge on any atom is 0.338 e. The second-order valence-corrected chi connectivity index (χ2v) is 5.03. The first kappa shape index (κ1) is 16.5. The van der Waals surface area contributed by atoms with Crippen molar-refractivity contribution in [2.45, 2.75) is 0 Å². The maximum absolute atomic E-state index is 11.9. The molecule has 7 nitrogen and oxygen atoms in total. The smallest absolute Gasteiger partial charge is 0.338 e. The molecule has 0 N–H and O–H groups in total. The van der Waals surface area contributed by atoms with E-state index in [2.05, 4.69) is 10.1 Å². The van der Waals surface area contributed by atoms with Crippen LogP contribution in [0.25, 0.3) is 22.8 Å². The highest BCUT2D eigenvalue weighted by atomic mass is 16.5. The highest BCUT2D eigenvalue weighted by Crippen LogP contribution is 2.32. The van der Waals surface area contributed by atoms with Gasteiger partial charge in [-0.05, 0) is 30.3 Å². The van der Waals surface area contributed by atoms with Gasteiger partial charge in [0.05, 0.1) is 32.5 Å². The number of methoxy groups -OCH3 is 3. The molecule has 0 saturated heterocycles. The molecular formula is C18H16N2O5. The minimum absolute atomic E-state index is 0.228. The van der Waals surface area contributed by atoms with Crippen molar-refractivity contribution in [3.63, 3.8) is 0 Å². The van der Waals surface area contributed by atoms with Crippen LogP contribution in [0.3, 0.4) is 0 Å². The molecule has 3 rings (SSSR count).